The molecule has 2 unspecified atom stereocenters. The summed E-state index contributed by atoms with van der Waals surface area (Å²) in [6.07, 6.45) is 86.3. The summed E-state index contributed by atoms with van der Waals surface area (Å²) >= 11 is 0. The van der Waals surface area contributed by atoms with Crippen molar-refractivity contribution in [3.63, 3.8) is 0 Å². The fourth-order valence-corrected chi connectivity index (χ4v) is 9.91. The predicted octanol–water partition coefficient (Wildman–Crippen LogP) is 21.2. The van der Waals surface area contributed by atoms with Crippen molar-refractivity contribution in [1.29, 1.82) is 0 Å². The van der Waals surface area contributed by atoms with Crippen molar-refractivity contribution in [2.24, 2.45) is 5.73 Å². The van der Waals surface area contributed by atoms with Crippen molar-refractivity contribution < 1.29 is 37.6 Å². The fraction of sp³-hybridized carbons (Fsp3) is 0.739. The number of unbranched alkanes of at least 4 members (excludes halogenated alkanes) is 32. The average Bonchev–Trinajstić information content (AvgIpc) is 3.44. The second kappa shape index (κ2) is 64.1. The van der Waals surface area contributed by atoms with Crippen LogP contribution in [-0.2, 0) is 32.7 Å². The van der Waals surface area contributed by atoms with Crippen molar-refractivity contribution in [2.45, 2.75) is 302 Å². The van der Waals surface area contributed by atoms with E-state index in [1.807, 2.05) is 0 Å². The second-order valence-corrected chi connectivity index (χ2v) is 23.1. The molecule has 0 saturated carbocycles. The van der Waals surface area contributed by atoms with Gasteiger partial charge in [-0.1, -0.05) is 284 Å². The maximum Gasteiger partial charge on any atom is 0.472 e. The first-order valence-corrected chi connectivity index (χ1v) is 34.2. The first-order valence-electron chi connectivity index (χ1n) is 32.7. The molecule has 456 valence electrons. The SMILES string of the molecule is CC/C=C\C/C=C\C/C=C\C/C=C\C/C=C\CCCCCCCCCCCCCCCCCCCCCC(=O)OC(COC(=O)CCCCCCCCCC/C=C\C/C=C\C/C=C\CCCCCCC)COP(=O)(O)OCCN. The Morgan fingerprint density at radius 2 is 0.696 bits per heavy atom. The number of esters is 2. The van der Waals surface area contributed by atoms with E-state index in [1.54, 1.807) is 0 Å². The van der Waals surface area contributed by atoms with Gasteiger partial charge in [-0.2, -0.15) is 0 Å². The van der Waals surface area contributed by atoms with Gasteiger partial charge in [0, 0.05) is 19.4 Å². The Morgan fingerprint density at radius 3 is 1.04 bits per heavy atom. The van der Waals surface area contributed by atoms with Gasteiger partial charge < -0.3 is 20.1 Å². The number of nitrogens with two attached hydrogens (primary N) is 1. The van der Waals surface area contributed by atoms with Crippen LogP contribution in [0.2, 0.25) is 0 Å². The molecule has 0 heterocycles. The maximum absolute atomic E-state index is 12.7. The number of hydrogen-bond donors (Lipinski definition) is 2. The minimum atomic E-state index is -4.40. The Hall–Kier alpha value is -3.07. The van der Waals surface area contributed by atoms with E-state index in [1.165, 1.54) is 167 Å². The zero-order chi connectivity index (χ0) is 57.3. The molecule has 0 radical (unpaired) electrons. The van der Waals surface area contributed by atoms with E-state index in [9.17, 15) is 19.0 Å². The van der Waals surface area contributed by atoms with Gasteiger partial charge in [-0.25, -0.2) is 4.57 Å². The third kappa shape index (κ3) is 64.0. The molecule has 3 N–H and O–H groups in total. The van der Waals surface area contributed by atoms with Crippen LogP contribution in [0.5, 0.6) is 0 Å². The van der Waals surface area contributed by atoms with E-state index in [2.05, 4.69) is 111 Å². The number of hydrogen-bond acceptors (Lipinski definition) is 8. The first-order chi connectivity index (χ1) is 38.8. The number of ether oxygens (including phenoxy) is 2. The molecule has 0 spiro atoms. The highest BCUT2D eigenvalue weighted by atomic mass is 31.2. The Labute approximate surface area is 486 Å². The van der Waals surface area contributed by atoms with Gasteiger partial charge in [0.15, 0.2) is 6.10 Å². The van der Waals surface area contributed by atoms with Crippen LogP contribution >= 0.6 is 7.82 Å². The fourth-order valence-electron chi connectivity index (χ4n) is 9.14. The van der Waals surface area contributed by atoms with E-state index >= 15 is 0 Å². The summed E-state index contributed by atoms with van der Waals surface area (Å²) in [7, 11) is -4.40. The molecule has 0 amide bonds. The minimum Gasteiger partial charge on any atom is -0.462 e. The van der Waals surface area contributed by atoms with Crippen molar-refractivity contribution >= 4 is 19.8 Å². The smallest absolute Gasteiger partial charge is 0.462 e. The Bertz CT molecular complexity index is 1610. The van der Waals surface area contributed by atoms with E-state index in [4.69, 9.17) is 24.3 Å². The quantitative estimate of drug-likeness (QED) is 0.0264. The molecule has 0 bridgehead atoms. The molecule has 10 heteroatoms. The highest BCUT2D eigenvalue weighted by Gasteiger charge is 2.26. The van der Waals surface area contributed by atoms with Gasteiger partial charge >= 0.3 is 19.8 Å². The predicted molar refractivity (Wildman–Crippen MR) is 339 cm³/mol. The van der Waals surface area contributed by atoms with Gasteiger partial charge in [0.05, 0.1) is 13.2 Å². The van der Waals surface area contributed by atoms with Crippen LogP contribution in [-0.4, -0.2) is 49.3 Å². The van der Waals surface area contributed by atoms with Gasteiger partial charge in [-0.05, 0) is 96.3 Å². The van der Waals surface area contributed by atoms with Gasteiger partial charge in [0.1, 0.15) is 6.61 Å². The van der Waals surface area contributed by atoms with Gasteiger partial charge in [0.25, 0.3) is 0 Å². The molecule has 0 saturated heterocycles. The molecule has 0 aliphatic heterocycles. The normalized spacial score (nSPS) is 13.6. The molecule has 0 rings (SSSR count). The topological polar surface area (TPSA) is 134 Å². The van der Waals surface area contributed by atoms with Crippen LogP contribution < -0.4 is 5.73 Å². The summed E-state index contributed by atoms with van der Waals surface area (Å²) in [5.74, 6) is -0.829. The van der Waals surface area contributed by atoms with Crippen LogP contribution in [0, 0.1) is 0 Å². The summed E-state index contributed by atoms with van der Waals surface area (Å²) in [6.45, 7) is 3.64. The van der Waals surface area contributed by atoms with Crippen LogP contribution in [0.15, 0.2) is 97.2 Å². The molecule has 0 aromatic heterocycles. The standard InChI is InChI=1S/C69H122NO8P/c1-3-5-7-9-11-13-15-17-19-21-23-25-27-28-29-30-31-32-33-34-35-36-37-38-40-42-44-46-48-50-52-54-56-58-60-62-69(72)78-67(66-77-79(73,74)76-64-63-70)65-75-68(71)61-59-57-55-53-51-49-47-45-43-41-39-26-24-22-20-18-16-14-12-10-8-6-4-2/h5,7,11,13,16-19,22-25,28-29,39,41,67H,3-4,6,8-10,12,14-15,20-21,26-27,30-38,40,42-66,70H2,1-2H3,(H,73,74)/b7-5-,13-11-,18-16-,19-17-,24-22-,25-23-,29-28-,41-39-. The lowest BCUT2D eigenvalue weighted by atomic mass is 10.0. The number of carbonyl (C=O) groups is 2. The summed E-state index contributed by atoms with van der Waals surface area (Å²) in [4.78, 5) is 35.3. The Morgan fingerprint density at radius 1 is 0.392 bits per heavy atom. The van der Waals surface area contributed by atoms with Crippen LogP contribution in [0.25, 0.3) is 0 Å². The molecular formula is C69H122NO8P. The van der Waals surface area contributed by atoms with E-state index in [0.717, 1.165) is 96.3 Å². The zero-order valence-corrected chi connectivity index (χ0v) is 52.0. The third-order valence-electron chi connectivity index (χ3n) is 14.0. The molecule has 0 aliphatic rings. The number of allylic oxidation sites excluding steroid dienone is 16. The second-order valence-electron chi connectivity index (χ2n) is 21.6. The van der Waals surface area contributed by atoms with Crippen LogP contribution in [0.4, 0.5) is 0 Å². The lowest BCUT2D eigenvalue weighted by molar-refractivity contribution is -0.161. The highest BCUT2D eigenvalue weighted by molar-refractivity contribution is 7.47. The molecule has 9 nitrogen and oxygen atoms in total. The van der Waals surface area contributed by atoms with Crippen molar-refractivity contribution in [3.8, 4) is 0 Å². The lowest BCUT2D eigenvalue weighted by Gasteiger charge is -2.19. The van der Waals surface area contributed by atoms with Gasteiger partial charge in [-0.15, -0.1) is 0 Å². The molecule has 0 aromatic carbocycles. The molecule has 0 aromatic rings. The molecule has 79 heavy (non-hydrogen) atoms. The third-order valence-corrected chi connectivity index (χ3v) is 14.9. The largest absolute Gasteiger partial charge is 0.472 e. The molecule has 0 aliphatic carbocycles. The molecule has 0 fully saturated rings. The van der Waals surface area contributed by atoms with E-state index in [0.29, 0.717) is 6.42 Å². The summed E-state index contributed by atoms with van der Waals surface area (Å²) < 4.78 is 33.1. The number of carbonyl (C=O) groups excluding carboxylic acids is 2. The highest BCUT2D eigenvalue weighted by Crippen LogP contribution is 2.43. The van der Waals surface area contributed by atoms with Crippen LogP contribution in [0.1, 0.15) is 296 Å². The number of phosphoric acid groups is 1. The summed E-state index contributed by atoms with van der Waals surface area (Å²) in [5.41, 5.74) is 5.39. The maximum atomic E-state index is 12.7. The van der Waals surface area contributed by atoms with E-state index < -0.39 is 26.5 Å². The average molecular weight is 1120 g/mol. The lowest BCUT2D eigenvalue weighted by Crippen LogP contribution is -2.29. The van der Waals surface area contributed by atoms with Crippen LogP contribution in [0.3, 0.4) is 0 Å². The van der Waals surface area contributed by atoms with Crippen molar-refractivity contribution in [2.75, 3.05) is 26.4 Å². The minimum absolute atomic E-state index is 0.0500. The van der Waals surface area contributed by atoms with Crippen molar-refractivity contribution in [3.05, 3.63) is 97.2 Å². The van der Waals surface area contributed by atoms with Gasteiger partial charge in [-0.3, -0.25) is 18.6 Å². The first kappa shape index (κ1) is 75.9. The van der Waals surface area contributed by atoms with E-state index in [-0.39, 0.29) is 38.6 Å². The van der Waals surface area contributed by atoms with Gasteiger partial charge in [0.2, 0.25) is 0 Å². The zero-order valence-electron chi connectivity index (χ0n) is 51.1. The summed E-state index contributed by atoms with van der Waals surface area (Å²) in [5, 5.41) is 0. The summed E-state index contributed by atoms with van der Waals surface area (Å²) in [6, 6.07) is 0. The number of rotatable bonds is 61. The Kier molecular flexibility index (Phi) is 61.6. The Balaban J connectivity index is 3.89. The van der Waals surface area contributed by atoms with Crippen molar-refractivity contribution in [1.82, 2.24) is 0 Å². The molecule has 2 atom stereocenters. The number of phosphoric ester groups is 1. The molecular weight excluding hydrogens is 1000 g/mol. The monoisotopic (exact) mass is 1120 g/mol.